The van der Waals surface area contributed by atoms with Crippen molar-refractivity contribution in [2.75, 3.05) is 20.2 Å². The zero-order valence-corrected chi connectivity index (χ0v) is 17.3. The minimum Gasteiger partial charge on any atom is -0.497 e. The quantitative estimate of drug-likeness (QED) is 0.760. The van der Waals surface area contributed by atoms with Gasteiger partial charge >= 0.3 is 6.03 Å². The lowest BCUT2D eigenvalue weighted by molar-refractivity contribution is -0.133. The first-order valence-electron chi connectivity index (χ1n) is 9.74. The third-order valence-corrected chi connectivity index (χ3v) is 5.83. The van der Waals surface area contributed by atoms with Gasteiger partial charge in [-0.25, -0.2) is 4.79 Å². The summed E-state index contributed by atoms with van der Waals surface area (Å²) in [6.07, 6.45) is 1.12. The van der Waals surface area contributed by atoms with Crippen LogP contribution in [-0.4, -0.2) is 53.4 Å². The maximum absolute atomic E-state index is 13.2. The van der Waals surface area contributed by atoms with Crippen LogP contribution in [0.2, 0.25) is 5.02 Å². The number of piperidine rings is 1. The fourth-order valence-corrected chi connectivity index (χ4v) is 4.27. The molecule has 8 heteroatoms. The van der Waals surface area contributed by atoms with Gasteiger partial charge in [0, 0.05) is 17.1 Å². The molecule has 0 saturated carbocycles. The molecule has 30 heavy (non-hydrogen) atoms. The van der Waals surface area contributed by atoms with E-state index in [4.69, 9.17) is 16.3 Å². The predicted molar refractivity (Wildman–Crippen MR) is 111 cm³/mol. The van der Waals surface area contributed by atoms with Crippen LogP contribution >= 0.6 is 11.6 Å². The molecule has 0 radical (unpaired) electrons. The Balaban J connectivity index is 1.51. The fraction of sp³-hybridized carbons (Fsp3) is 0.318. The Labute approximate surface area is 179 Å². The molecule has 7 nitrogen and oxygen atoms in total. The van der Waals surface area contributed by atoms with Crippen LogP contribution in [0.4, 0.5) is 4.79 Å². The number of halogens is 1. The van der Waals surface area contributed by atoms with E-state index in [-0.39, 0.29) is 24.9 Å². The van der Waals surface area contributed by atoms with E-state index in [0.29, 0.717) is 35.7 Å². The number of nitrogens with zero attached hydrogens (tertiary/aromatic N) is 2. The smallest absolute Gasteiger partial charge is 0.325 e. The summed E-state index contributed by atoms with van der Waals surface area (Å²) < 4.78 is 5.13. The van der Waals surface area contributed by atoms with E-state index < -0.39 is 11.6 Å². The summed E-state index contributed by atoms with van der Waals surface area (Å²) in [4.78, 5) is 41.6. The first-order chi connectivity index (χ1) is 14.4. The molecule has 156 valence electrons. The van der Waals surface area contributed by atoms with Crippen LogP contribution in [0.3, 0.4) is 0 Å². The lowest BCUT2D eigenvalue weighted by Crippen LogP contribution is -2.59. The first-order valence-corrected chi connectivity index (χ1v) is 10.1. The molecule has 2 aromatic carbocycles. The number of imide groups is 1. The number of urea groups is 1. The van der Waals surface area contributed by atoms with Crippen LogP contribution in [0, 0.1) is 0 Å². The SMILES string of the molecule is COc1ccc(C(=O)N2CCC[C@]3(C2)NC(=O)N(Cc2cccc(Cl)c2)C3=O)cc1. The number of hydrogen-bond donors (Lipinski definition) is 1. The number of carbonyl (C=O) groups excluding carboxylic acids is 3. The molecule has 0 unspecified atom stereocenters. The molecule has 1 spiro atoms. The Morgan fingerprint density at radius 3 is 2.67 bits per heavy atom. The Bertz CT molecular complexity index is 994. The van der Waals surface area contributed by atoms with Crippen molar-refractivity contribution in [3.05, 3.63) is 64.7 Å². The van der Waals surface area contributed by atoms with Crippen LogP contribution < -0.4 is 10.1 Å². The minimum atomic E-state index is -1.09. The highest BCUT2D eigenvalue weighted by molar-refractivity contribution is 6.30. The van der Waals surface area contributed by atoms with E-state index in [1.54, 1.807) is 54.5 Å². The van der Waals surface area contributed by atoms with Gasteiger partial charge in [0.05, 0.1) is 20.2 Å². The highest BCUT2D eigenvalue weighted by Gasteiger charge is 2.53. The average molecular weight is 428 g/mol. The van der Waals surface area contributed by atoms with Crippen LogP contribution in [0.5, 0.6) is 5.75 Å². The summed E-state index contributed by atoms with van der Waals surface area (Å²) in [5.74, 6) is 0.184. The minimum absolute atomic E-state index is 0.138. The van der Waals surface area contributed by atoms with Crippen molar-refractivity contribution in [2.45, 2.75) is 24.9 Å². The zero-order valence-electron chi connectivity index (χ0n) is 16.6. The molecule has 2 aliphatic rings. The summed E-state index contributed by atoms with van der Waals surface area (Å²) in [5, 5.41) is 3.39. The molecule has 2 aromatic rings. The lowest BCUT2D eigenvalue weighted by atomic mass is 9.88. The van der Waals surface area contributed by atoms with Crippen molar-refractivity contribution >= 4 is 29.4 Å². The predicted octanol–water partition coefficient (Wildman–Crippen LogP) is 3.08. The van der Waals surface area contributed by atoms with Crippen molar-refractivity contribution < 1.29 is 19.1 Å². The standard InChI is InChI=1S/C22H22ClN3O4/c1-30-18-8-6-16(7-9-18)19(27)25-11-3-10-22(14-25)20(28)26(21(29)24-22)13-15-4-2-5-17(23)12-15/h2,4-9,12H,3,10-11,13-14H2,1H3,(H,24,29)/t22-/m1/s1. The summed E-state index contributed by atoms with van der Waals surface area (Å²) in [7, 11) is 1.56. The molecular formula is C22H22ClN3O4. The van der Waals surface area contributed by atoms with E-state index in [2.05, 4.69) is 5.32 Å². The Morgan fingerprint density at radius 1 is 1.20 bits per heavy atom. The van der Waals surface area contributed by atoms with Gasteiger partial charge in [0.15, 0.2) is 0 Å². The molecule has 2 fully saturated rings. The maximum Gasteiger partial charge on any atom is 0.325 e. The average Bonchev–Trinajstić information content (AvgIpc) is 2.97. The number of amides is 4. The zero-order chi connectivity index (χ0) is 21.3. The van der Waals surface area contributed by atoms with Gasteiger partial charge in [-0.3, -0.25) is 14.5 Å². The van der Waals surface area contributed by atoms with E-state index in [9.17, 15) is 14.4 Å². The highest BCUT2D eigenvalue weighted by Crippen LogP contribution is 2.30. The molecule has 2 saturated heterocycles. The number of carbonyl (C=O) groups is 3. The van der Waals surface area contributed by atoms with Gasteiger partial charge in [0.2, 0.25) is 0 Å². The second-order valence-corrected chi connectivity index (χ2v) is 8.03. The van der Waals surface area contributed by atoms with Gasteiger partial charge in [0.1, 0.15) is 11.3 Å². The summed E-state index contributed by atoms with van der Waals surface area (Å²) >= 11 is 6.02. The first kappa shape index (κ1) is 20.2. The number of ether oxygens (including phenoxy) is 1. The number of nitrogens with one attached hydrogen (secondary N) is 1. The topological polar surface area (TPSA) is 79.0 Å². The summed E-state index contributed by atoms with van der Waals surface area (Å²) in [6, 6.07) is 13.5. The highest BCUT2D eigenvalue weighted by atomic mass is 35.5. The largest absolute Gasteiger partial charge is 0.497 e. The van der Waals surface area contributed by atoms with Gasteiger partial charge in [-0.1, -0.05) is 23.7 Å². The molecule has 2 heterocycles. The van der Waals surface area contributed by atoms with Gasteiger partial charge in [-0.2, -0.15) is 0 Å². The number of rotatable bonds is 4. The van der Waals surface area contributed by atoms with Gasteiger partial charge < -0.3 is 15.0 Å². The molecular weight excluding hydrogens is 406 g/mol. The third-order valence-electron chi connectivity index (χ3n) is 5.59. The molecule has 4 amide bonds. The van der Waals surface area contributed by atoms with Crippen LogP contribution in [0.25, 0.3) is 0 Å². The third kappa shape index (κ3) is 3.73. The van der Waals surface area contributed by atoms with Crippen molar-refractivity contribution in [1.29, 1.82) is 0 Å². The maximum atomic E-state index is 13.2. The Kier molecular flexibility index (Phi) is 5.39. The normalized spacial score (nSPS) is 21.1. The summed E-state index contributed by atoms with van der Waals surface area (Å²) in [6.45, 7) is 0.817. The molecule has 2 aliphatic heterocycles. The second-order valence-electron chi connectivity index (χ2n) is 7.59. The fourth-order valence-electron chi connectivity index (χ4n) is 4.06. The molecule has 1 N–H and O–H groups in total. The van der Waals surface area contributed by atoms with Gasteiger partial charge in [0.25, 0.3) is 11.8 Å². The van der Waals surface area contributed by atoms with Crippen molar-refractivity contribution in [3.63, 3.8) is 0 Å². The molecule has 0 bridgehead atoms. The number of hydrogen-bond acceptors (Lipinski definition) is 4. The van der Waals surface area contributed by atoms with Crippen molar-refractivity contribution in [3.8, 4) is 5.75 Å². The molecule has 4 rings (SSSR count). The molecule has 1 atom stereocenters. The number of benzene rings is 2. The van der Waals surface area contributed by atoms with E-state index in [1.165, 1.54) is 4.90 Å². The molecule has 0 aliphatic carbocycles. The summed E-state index contributed by atoms with van der Waals surface area (Å²) in [5.41, 5.74) is 0.196. The van der Waals surface area contributed by atoms with E-state index in [0.717, 1.165) is 5.56 Å². The lowest BCUT2D eigenvalue weighted by Gasteiger charge is -2.38. The van der Waals surface area contributed by atoms with Gasteiger partial charge in [-0.05, 0) is 54.8 Å². The van der Waals surface area contributed by atoms with E-state index in [1.807, 2.05) is 6.07 Å². The van der Waals surface area contributed by atoms with Crippen molar-refractivity contribution in [2.24, 2.45) is 0 Å². The monoisotopic (exact) mass is 427 g/mol. The van der Waals surface area contributed by atoms with Crippen LogP contribution in [-0.2, 0) is 11.3 Å². The van der Waals surface area contributed by atoms with Crippen LogP contribution in [0.15, 0.2) is 48.5 Å². The Hall–Kier alpha value is -3.06. The van der Waals surface area contributed by atoms with Gasteiger partial charge in [-0.15, -0.1) is 0 Å². The molecule has 0 aromatic heterocycles. The Morgan fingerprint density at radius 2 is 1.97 bits per heavy atom. The van der Waals surface area contributed by atoms with E-state index >= 15 is 0 Å². The van der Waals surface area contributed by atoms with Crippen LogP contribution in [0.1, 0.15) is 28.8 Å². The number of methoxy groups -OCH3 is 1. The number of likely N-dealkylation sites (tertiary alicyclic amines) is 1. The second kappa shape index (κ2) is 7.99. The van der Waals surface area contributed by atoms with Crippen molar-refractivity contribution in [1.82, 2.24) is 15.1 Å².